The lowest BCUT2D eigenvalue weighted by molar-refractivity contribution is -0.0779. The summed E-state index contributed by atoms with van der Waals surface area (Å²) in [6.45, 7) is 0.135. The normalized spacial score (nSPS) is 14.8. The highest BCUT2D eigenvalue weighted by Crippen LogP contribution is 2.28. The fourth-order valence-corrected chi connectivity index (χ4v) is 2.88. The zero-order chi connectivity index (χ0) is 17.1. The molecule has 6 heteroatoms. The number of nitrogens with zero attached hydrogens (tertiary/aromatic N) is 1. The Labute approximate surface area is 144 Å². The zero-order valence-corrected chi connectivity index (χ0v) is 13.8. The van der Waals surface area contributed by atoms with Crippen molar-refractivity contribution in [3.63, 3.8) is 0 Å². The number of carbonyl (C=O) groups excluding carboxylic acids is 2. The van der Waals surface area contributed by atoms with Gasteiger partial charge in [0.1, 0.15) is 12.9 Å². The molecule has 124 valence electrons. The van der Waals surface area contributed by atoms with E-state index in [2.05, 4.69) is 0 Å². The Morgan fingerprint density at radius 1 is 1.04 bits per heavy atom. The maximum Gasteiger partial charge on any atom is 0.261 e. The number of fused-ring (bicyclic) bond motifs is 1. The average Bonchev–Trinajstić information content (AvgIpc) is 2.83. The van der Waals surface area contributed by atoms with Gasteiger partial charge in [0.2, 0.25) is 0 Å². The van der Waals surface area contributed by atoms with Crippen molar-refractivity contribution in [2.45, 2.75) is 6.10 Å². The van der Waals surface area contributed by atoms with E-state index >= 15 is 0 Å². The van der Waals surface area contributed by atoms with Crippen LogP contribution in [0.15, 0.2) is 48.5 Å². The van der Waals surface area contributed by atoms with Gasteiger partial charge in [-0.2, -0.15) is 0 Å². The molecule has 0 N–H and O–H groups in total. The Bertz CT molecular complexity index is 742. The molecule has 0 aromatic heterocycles. The molecule has 1 atom stereocenters. The van der Waals surface area contributed by atoms with E-state index in [1.807, 2.05) is 6.07 Å². The molecule has 1 aliphatic heterocycles. The third-order valence-electron chi connectivity index (χ3n) is 3.83. The van der Waals surface area contributed by atoms with Gasteiger partial charge in [-0.15, -0.1) is 0 Å². The summed E-state index contributed by atoms with van der Waals surface area (Å²) in [7, 11) is 1.51. The smallest absolute Gasteiger partial charge is 0.261 e. The van der Waals surface area contributed by atoms with E-state index in [0.29, 0.717) is 16.1 Å². The van der Waals surface area contributed by atoms with Crippen LogP contribution < -0.4 is 0 Å². The second-order valence-corrected chi connectivity index (χ2v) is 5.82. The van der Waals surface area contributed by atoms with Crippen LogP contribution in [0.25, 0.3) is 0 Å². The minimum atomic E-state index is -0.522. The zero-order valence-electron chi connectivity index (χ0n) is 13.1. The maximum absolute atomic E-state index is 12.5. The summed E-state index contributed by atoms with van der Waals surface area (Å²) in [6, 6.07) is 13.9. The molecule has 3 rings (SSSR count). The summed E-state index contributed by atoms with van der Waals surface area (Å²) in [6.07, 6.45) is -0.522. The van der Waals surface area contributed by atoms with Crippen molar-refractivity contribution in [2.75, 3.05) is 20.4 Å². The first-order valence-corrected chi connectivity index (χ1v) is 7.81. The van der Waals surface area contributed by atoms with Crippen LogP contribution >= 0.6 is 11.6 Å². The van der Waals surface area contributed by atoms with Crippen LogP contribution in [0.5, 0.6) is 0 Å². The van der Waals surface area contributed by atoms with Crippen molar-refractivity contribution in [3.05, 3.63) is 70.2 Å². The minimum absolute atomic E-state index is 0.0420. The SMILES string of the molecule is COCOC(CN1C(=O)c2ccccc2C1=O)c1cccc(Cl)c1. The fraction of sp³-hybridized carbons (Fsp3) is 0.222. The Hall–Kier alpha value is -2.21. The molecule has 1 aliphatic rings. The van der Waals surface area contributed by atoms with Crippen molar-refractivity contribution >= 4 is 23.4 Å². The van der Waals surface area contributed by atoms with Crippen LogP contribution in [0.4, 0.5) is 0 Å². The molecule has 0 bridgehead atoms. The van der Waals surface area contributed by atoms with Crippen molar-refractivity contribution in [1.29, 1.82) is 0 Å². The van der Waals surface area contributed by atoms with E-state index in [9.17, 15) is 9.59 Å². The number of methoxy groups -OCH3 is 1. The number of hydrogen-bond acceptors (Lipinski definition) is 4. The quantitative estimate of drug-likeness (QED) is 0.595. The summed E-state index contributed by atoms with van der Waals surface area (Å²) in [5.74, 6) is -0.632. The van der Waals surface area contributed by atoms with E-state index in [1.165, 1.54) is 12.0 Å². The largest absolute Gasteiger partial charge is 0.359 e. The van der Waals surface area contributed by atoms with Gasteiger partial charge in [-0.1, -0.05) is 35.9 Å². The fourth-order valence-electron chi connectivity index (χ4n) is 2.68. The summed E-state index contributed by atoms with van der Waals surface area (Å²) in [5.41, 5.74) is 1.61. The Kier molecular flexibility index (Phi) is 4.94. The lowest BCUT2D eigenvalue weighted by atomic mass is 10.1. The molecule has 1 heterocycles. The Morgan fingerprint density at radius 3 is 2.29 bits per heavy atom. The van der Waals surface area contributed by atoms with Gasteiger partial charge in [-0.3, -0.25) is 14.5 Å². The monoisotopic (exact) mass is 345 g/mol. The first-order valence-electron chi connectivity index (χ1n) is 7.43. The second-order valence-electron chi connectivity index (χ2n) is 5.38. The van der Waals surface area contributed by atoms with Gasteiger partial charge in [-0.05, 0) is 29.8 Å². The molecular weight excluding hydrogens is 330 g/mol. The predicted molar refractivity (Wildman–Crippen MR) is 89.0 cm³/mol. The summed E-state index contributed by atoms with van der Waals surface area (Å²) in [5, 5.41) is 0.556. The molecule has 24 heavy (non-hydrogen) atoms. The first-order chi connectivity index (χ1) is 11.6. The molecule has 5 nitrogen and oxygen atoms in total. The van der Waals surface area contributed by atoms with Gasteiger partial charge < -0.3 is 9.47 Å². The van der Waals surface area contributed by atoms with Gasteiger partial charge in [0.15, 0.2) is 0 Å². The molecule has 0 aliphatic carbocycles. The summed E-state index contributed by atoms with van der Waals surface area (Å²) < 4.78 is 10.6. The van der Waals surface area contributed by atoms with E-state index in [0.717, 1.165) is 5.56 Å². The van der Waals surface area contributed by atoms with Crippen LogP contribution in [-0.2, 0) is 9.47 Å². The van der Waals surface area contributed by atoms with Crippen LogP contribution in [0.3, 0.4) is 0 Å². The number of carbonyl (C=O) groups is 2. The number of amides is 2. The molecule has 2 aromatic carbocycles. The second kappa shape index (κ2) is 7.13. The maximum atomic E-state index is 12.5. The number of imide groups is 1. The molecule has 2 aromatic rings. The molecule has 2 amide bonds. The number of halogens is 1. The van der Waals surface area contributed by atoms with Crippen LogP contribution in [0.1, 0.15) is 32.4 Å². The van der Waals surface area contributed by atoms with Gasteiger partial charge in [0.25, 0.3) is 11.8 Å². The first kappa shape index (κ1) is 16.6. The summed E-state index contributed by atoms with van der Waals surface area (Å²) >= 11 is 6.04. The standard InChI is InChI=1S/C18H16ClNO4/c1-23-11-24-16(12-5-4-6-13(19)9-12)10-20-17(21)14-7-2-3-8-15(14)18(20)22/h2-9,16H,10-11H2,1H3. The van der Waals surface area contributed by atoms with Gasteiger partial charge >= 0.3 is 0 Å². The van der Waals surface area contributed by atoms with E-state index in [-0.39, 0.29) is 25.2 Å². The molecule has 0 saturated heterocycles. The molecule has 0 fully saturated rings. The minimum Gasteiger partial charge on any atom is -0.359 e. The lowest BCUT2D eigenvalue weighted by Crippen LogP contribution is -2.34. The third kappa shape index (κ3) is 3.19. The van der Waals surface area contributed by atoms with Crippen LogP contribution in [-0.4, -0.2) is 37.2 Å². The number of benzene rings is 2. The summed E-state index contributed by atoms with van der Waals surface area (Å²) in [4.78, 5) is 26.2. The van der Waals surface area contributed by atoms with E-state index < -0.39 is 6.10 Å². The Balaban J connectivity index is 1.86. The number of hydrogen-bond donors (Lipinski definition) is 0. The van der Waals surface area contributed by atoms with Crippen LogP contribution in [0, 0.1) is 0 Å². The predicted octanol–water partition coefficient (Wildman–Crippen LogP) is 3.30. The third-order valence-corrected chi connectivity index (χ3v) is 4.07. The van der Waals surface area contributed by atoms with Crippen molar-refractivity contribution in [3.8, 4) is 0 Å². The van der Waals surface area contributed by atoms with Crippen LogP contribution in [0.2, 0.25) is 5.02 Å². The van der Waals surface area contributed by atoms with E-state index in [1.54, 1.807) is 42.5 Å². The van der Waals surface area contributed by atoms with Crippen molar-refractivity contribution in [1.82, 2.24) is 4.90 Å². The van der Waals surface area contributed by atoms with Gasteiger partial charge in [-0.25, -0.2) is 0 Å². The lowest BCUT2D eigenvalue weighted by Gasteiger charge is -2.23. The molecule has 0 spiro atoms. The van der Waals surface area contributed by atoms with Gasteiger partial charge in [0.05, 0.1) is 17.7 Å². The van der Waals surface area contributed by atoms with Crippen molar-refractivity contribution < 1.29 is 19.1 Å². The number of ether oxygens (including phenoxy) is 2. The molecule has 1 unspecified atom stereocenters. The average molecular weight is 346 g/mol. The highest BCUT2D eigenvalue weighted by Gasteiger charge is 2.36. The highest BCUT2D eigenvalue weighted by atomic mass is 35.5. The van der Waals surface area contributed by atoms with E-state index in [4.69, 9.17) is 21.1 Å². The highest BCUT2D eigenvalue weighted by molar-refractivity contribution is 6.30. The number of rotatable bonds is 6. The topological polar surface area (TPSA) is 55.8 Å². The molecule has 0 radical (unpaired) electrons. The molecular formula is C18H16ClNO4. The van der Waals surface area contributed by atoms with Gasteiger partial charge in [0, 0.05) is 12.1 Å². The Morgan fingerprint density at radius 2 is 1.71 bits per heavy atom. The van der Waals surface area contributed by atoms with Crippen molar-refractivity contribution in [2.24, 2.45) is 0 Å². The molecule has 0 saturated carbocycles.